The lowest BCUT2D eigenvalue weighted by molar-refractivity contribution is -0.120. The highest BCUT2D eigenvalue weighted by Gasteiger charge is 2.21. The molecule has 0 unspecified atom stereocenters. The topological polar surface area (TPSA) is 44.9 Å². The summed E-state index contributed by atoms with van der Waals surface area (Å²) >= 11 is 3.43. The number of nitrogens with one attached hydrogen (secondary N) is 2. The normalized spacial score (nSPS) is 11.7. The molecule has 0 aliphatic carbocycles. The van der Waals surface area contributed by atoms with Crippen LogP contribution in [0.3, 0.4) is 0 Å². The number of rotatable bonds is 5. The number of aromatic amines is 1. The fourth-order valence-corrected chi connectivity index (χ4v) is 3.12. The zero-order valence-corrected chi connectivity index (χ0v) is 15.8. The molecule has 0 aliphatic heterocycles. The minimum Gasteiger partial charge on any atom is -0.361 e. The van der Waals surface area contributed by atoms with Crippen molar-refractivity contribution in [2.75, 3.05) is 6.54 Å². The largest absolute Gasteiger partial charge is 0.361 e. The van der Waals surface area contributed by atoms with Gasteiger partial charge in [0.05, 0.1) is 6.42 Å². The second-order valence-electron chi connectivity index (χ2n) is 6.85. The van der Waals surface area contributed by atoms with Gasteiger partial charge < -0.3 is 10.3 Å². The number of fused-ring (bicyclic) bond motifs is 1. The van der Waals surface area contributed by atoms with Crippen molar-refractivity contribution in [2.24, 2.45) is 0 Å². The first kappa shape index (κ1) is 17.7. The maximum absolute atomic E-state index is 13.4. The van der Waals surface area contributed by atoms with Crippen LogP contribution in [0.4, 0.5) is 4.39 Å². The molecule has 0 fully saturated rings. The monoisotopic (exact) mass is 402 g/mol. The predicted molar refractivity (Wildman–Crippen MR) is 102 cm³/mol. The lowest BCUT2D eigenvalue weighted by Gasteiger charge is -2.25. The first-order valence-electron chi connectivity index (χ1n) is 8.13. The van der Waals surface area contributed by atoms with E-state index in [2.05, 4.69) is 52.2 Å². The number of amides is 1. The lowest BCUT2D eigenvalue weighted by Crippen LogP contribution is -2.37. The van der Waals surface area contributed by atoms with Crippen LogP contribution >= 0.6 is 15.9 Å². The number of hydrogen-bond donors (Lipinski definition) is 2. The number of aromatic nitrogens is 1. The van der Waals surface area contributed by atoms with Crippen molar-refractivity contribution in [1.82, 2.24) is 10.3 Å². The Balaban J connectivity index is 1.66. The average Bonchev–Trinajstić information content (AvgIpc) is 2.96. The maximum atomic E-state index is 13.4. The van der Waals surface area contributed by atoms with Crippen LogP contribution in [0.25, 0.3) is 10.9 Å². The van der Waals surface area contributed by atoms with E-state index in [1.54, 1.807) is 12.3 Å². The van der Waals surface area contributed by atoms with E-state index in [1.807, 2.05) is 12.1 Å². The van der Waals surface area contributed by atoms with Crippen molar-refractivity contribution in [3.8, 4) is 0 Å². The summed E-state index contributed by atoms with van der Waals surface area (Å²) in [5, 5.41) is 3.75. The molecule has 2 aromatic carbocycles. The Kier molecular flexibility index (Phi) is 4.95. The first-order valence-corrected chi connectivity index (χ1v) is 8.93. The van der Waals surface area contributed by atoms with Crippen molar-refractivity contribution in [1.29, 1.82) is 0 Å². The van der Waals surface area contributed by atoms with Crippen molar-refractivity contribution in [2.45, 2.75) is 25.7 Å². The van der Waals surface area contributed by atoms with Gasteiger partial charge in [0, 0.05) is 33.5 Å². The number of halogens is 2. The summed E-state index contributed by atoms with van der Waals surface area (Å²) in [6.45, 7) is 4.72. The Hall–Kier alpha value is -2.14. The van der Waals surface area contributed by atoms with Gasteiger partial charge >= 0.3 is 0 Å². The SMILES string of the molecule is CC(C)(CNC(=O)Cc1c[nH]c2ccc(F)cc12)c1ccc(Br)cc1. The molecular weight excluding hydrogens is 383 g/mol. The third kappa shape index (κ3) is 4.10. The summed E-state index contributed by atoms with van der Waals surface area (Å²) in [5.41, 5.74) is 2.61. The molecule has 1 aromatic heterocycles. The fraction of sp³-hybridized carbons (Fsp3) is 0.250. The molecule has 130 valence electrons. The quantitative estimate of drug-likeness (QED) is 0.637. The number of benzene rings is 2. The summed E-state index contributed by atoms with van der Waals surface area (Å²) in [6.07, 6.45) is 1.99. The minimum absolute atomic E-state index is 0.0738. The summed E-state index contributed by atoms with van der Waals surface area (Å²) in [7, 11) is 0. The molecule has 0 bridgehead atoms. The van der Waals surface area contributed by atoms with Crippen LogP contribution in [0, 0.1) is 5.82 Å². The zero-order valence-electron chi connectivity index (χ0n) is 14.2. The van der Waals surface area contributed by atoms with E-state index < -0.39 is 0 Å². The molecule has 3 nitrogen and oxygen atoms in total. The molecule has 3 aromatic rings. The molecule has 25 heavy (non-hydrogen) atoms. The van der Waals surface area contributed by atoms with E-state index >= 15 is 0 Å². The van der Waals surface area contributed by atoms with Crippen LogP contribution < -0.4 is 5.32 Å². The molecule has 1 amide bonds. The fourth-order valence-electron chi connectivity index (χ4n) is 2.86. The molecule has 0 saturated heterocycles. The van der Waals surface area contributed by atoms with E-state index in [0.29, 0.717) is 6.54 Å². The van der Waals surface area contributed by atoms with Gasteiger partial charge in [0.15, 0.2) is 0 Å². The molecular formula is C20H20BrFN2O. The van der Waals surface area contributed by atoms with E-state index in [9.17, 15) is 9.18 Å². The first-order chi connectivity index (χ1) is 11.8. The Labute approximate surface area is 154 Å². The van der Waals surface area contributed by atoms with Crippen molar-refractivity contribution in [3.05, 3.63) is 70.1 Å². The van der Waals surface area contributed by atoms with Crippen LogP contribution in [0.15, 0.2) is 53.1 Å². The third-order valence-electron chi connectivity index (χ3n) is 4.43. The standard InChI is InChI=1S/C20H20BrFN2O/c1-20(2,14-3-5-15(21)6-4-14)12-24-19(25)9-13-11-23-18-8-7-16(22)10-17(13)18/h3-8,10-11,23H,9,12H2,1-2H3,(H,24,25). The van der Waals surface area contributed by atoms with Gasteiger partial charge in [-0.2, -0.15) is 0 Å². The van der Waals surface area contributed by atoms with Crippen LogP contribution in [0.5, 0.6) is 0 Å². The van der Waals surface area contributed by atoms with Crippen molar-refractivity contribution in [3.63, 3.8) is 0 Å². The zero-order chi connectivity index (χ0) is 18.0. The molecule has 1 heterocycles. The number of H-pyrrole nitrogens is 1. The van der Waals surface area contributed by atoms with Gasteiger partial charge in [0.25, 0.3) is 0 Å². The summed E-state index contributed by atoms with van der Waals surface area (Å²) in [6, 6.07) is 12.7. The molecule has 3 rings (SSSR count). The number of hydrogen-bond acceptors (Lipinski definition) is 1. The summed E-state index contributed by atoms with van der Waals surface area (Å²) in [4.78, 5) is 15.4. The van der Waals surface area contributed by atoms with Gasteiger partial charge in [-0.15, -0.1) is 0 Å². The van der Waals surface area contributed by atoms with E-state index in [-0.39, 0.29) is 23.6 Å². The minimum atomic E-state index is -0.301. The maximum Gasteiger partial charge on any atom is 0.224 e. The smallest absolute Gasteiger partial charge is 0.224 e. The molecule has 0 radical (unpaired) electrons. The van der Waals surface area contributed by atoms with Crippen LogP contribution in [-0.2, 0) is 16.6 Å². The predicted octanol–water partition coefficient (Wildman–Crippen LogP) is 4.71. The second-order valence-corrected chi connectivity index (χ2v) is 7.76. The van der Waals surface area contributed by atoms with Gasteiger partial charge in [-0.1, -0.05) is 41.9 Å². The highest BCUT2D eigenvalue weighted by Crippen LogP contribution is 2.24. The van der Waals surface area contributed by atoms with Gasteiger partial charge in [-0.3, -0.25) is 4.79 Å². The van der Waals surface area contributed by atoms with E-state index in [4.69, 9.17) is 0 Å². The highest BCUT2D eigenvalue weighted by molar-refractivity contribution is 9.10. The van der Waals surface area contributed by atoms with E-state index in [1.165, 1.54) is 12.1 Å². The molecule has 2 N–H and O–H groups in total. The number of carbonyl (C=O) groups is 1. The van der Waals surface area contributed by atoms with Crippen molar-refractivity contribution >= 4 is 32.7 Å². The van der Waals surface area contributed by atoms with Crippen molar-refractivity contribution < 1.29 is 9.18 Å². The third-order valence-corrected chi connectivity index (χ3v) is 4.96. The highest BCUT2D eigenvalue weighted by atomic mass is 79.9. The van der Waals surface area contributed by atoms with Crippen LogP contribution in [0.1, 0.15) is 25.0 Å². The Morgan fingerprint density at radius 3 is 2.64 bits per heavy atom. The Morgan fingerprint density at radius 2 is 1.92 bits per heavy atom. The molecule has 0 atom stereocenters. The van der Waals surface area contributed by atoms with Gasteiger partial charge in [0.1, 0.15) is 5.82 Å². The average molecular weight is 403 g/mol. The van der Waals surface area contributed by atoms with Gasteiger partial charge in [0.2, 0.25) is 5.91 Å². The Morgan fingerprint density at radius 1 is 1.20 bits per heavy atom. The Bertz CT molecular complexity index is 900. The second kappa shape index (κ2) is 7.00. The van der Waals surface area contributed by atoms with Crippen LogP contribution in [0.2, 0.25) is 0 Å². The number of carbonyl (C=O) groups excluding carboxylic acids is 1. The summed E-state index contributed by atoms with van der Waals surface area (Å²) < 4.78 is 14.5. The van der Waals surface area contributed by atoms with Gasteiger partial charge in [-0.25, -0.2) is 4.39 Å². The molecule has 0 spiro atoms. The summed E-state index contributed by atoms with van der Waals surface area (Å²) in [5.74, 6) is -0.375. The van der Waals surface area contributed by atoms with Crippen LogP contribution in [-0.4, -0.2) is 17.4 Å². The molecule has 5 heteroatoms. The molecule has 0 aliphatic rings. The lowest BCUT2D eigenvalue weighted by atomic mass is 9.84. The van der Waals surface area contributed by atoms with E-state index in [0.717, 1.165) is 26.5 Å². The van der Waals surface area contributed by atoms with Gasteiger partial charge in [-0.05, 0) is 41.5 Å². The molecule has 0 saturated carbocycles.